The highest BCUT2D eigenvalue weighted by Crippen LogP contribution is 2.38. The van der Waals surface area contributed by atoms with Crippen LogP contribution in [0.5, 0.6) is 11.5 Å². The Kier molecular flexibility index (Phi) is 7.01. The van der Waals surface area contributed by atoms with E-state index >= 15 is 0 Å². The molecule has 1 aromatic carbocycles. The van der Waals surface area contributed by atoms with E-state index in [0.29, 0.717) is 11.3 Å². The minimum Gasteiger partial charge on any atom is -0.502 e. The maximum Gasteiger partial charge on any atom is 0.306 e. The highest BCUT2D eigenvalue weighted by Gasteiger charge is 2.29. The van der Waals surface area contributed by atoms with Crippen molar-refractivity contribution < 1.29 is 28.9 Å². The summed E-state index contributed by atoms with van der Waals surface area (Å²) in [5.41, 5.74) is -0.135. The lowest BCUT2D eigenvalue weighted by Crippen LogP contribution is -2.16. The van der Waals surface area contributed by atoms with E-state index in [1.54, 1.807) is 31.2 Å². The first-order chi connectivity index (χ1) is 12.9. The third-order valence-electron chi connectivity index (χ3n) is 3.81. The highest BCUT2D eigenvalue weighted by atomic mass is 16.5. The van der Waals surface area contributed by atoms with Crippen molar-refractivity contribution in [3.8, 4) is 11.5 Å². The zero-order valence-corrected chi connectivity index (χ0v) is 15.6. The first-order valence-electron chi connectivity index (χ1n) is 8.75. The summed E-state index contributed by atoms with van der Waals surface area (Å²) in [6.07, 6.45) is -0.295. The van der Waals surface area contributed by atoms with Crippen LogP contribution in [0.4, 0.5) is 0 Å². The number of ether oxygens (including phenoxy) is 2. The topological polar surface area (TPSA) is 106 Å². The molecular weight excluding hydrogens is 352 g/mol. The molecule has 7 nitrogen and oxygen atoms in total. The molecule has 0 aliphatic carbocycles. The highest BCUT2D eigenvalue weighted by molar-refractivity contribution is 5.71. The van der Waals surface area contributed by atoms with E-state index in [-0.39, 0.29) is 30.7 Å². The van der Waals surface area contributed by atoms with E-state index < -0.39 is 29.7 Å². The fourth-order valence-electron chi connectivity index (χ4n) is 2.73. The number of rotatable bonds is 8. The molecule has 2 rings (SSSR count). The van der Waals surface area contributed by atoms with Crippen LogP contribution in [0.1, 0.15) is 50.2 Å². The summed E-state index contributed by atoms with van der Waals surface area (Å²) in [7, 11) is 0. The van der Waals surface area contributed by atoms with E-state index in [0.717, 1.165) is 6.07 Å². The molecule has 0 unspecified atom stereocenters. The van der Waals surface area contributed by atoms with Gasteiger partial charge in [-0.05, 0) is 26.8 Å². The number of hydrogen-bond acceptors (Lipinski definition) is 7. The largest absolute Gasteiger partial charge is 0.502 e. The number of aliphatic hydroxyl groups excluding tert-OH is 1. The molecule has 0 saturated carbocycles. The Labute approximate surface area is 157 Å². The minimum absolute atomic E-state index is 0.0103. The Hall–Kier alpha value is -2.80. The first-order valence-corrected chi connectivity index (χ1v) is 8.75. The zero-order chi connectivity index (χ0) is 20.0. The maximum atomic E-state index is 12.2. The second-order valence-electron chi connectivity index (χ2n) is 6.21. The van der Waals surface area contributed by atoms with Crippen molar-refractivity contribution in [3.05, 3.63) is 57.6 Å². The number of carbonyl (C=O) groups is 1. The maximum absolute atomic E-state index is 12.2. The van der Waals surface area contributed by atoms with Crippen LogP contribution in [-0.4, -0.2) is 28.9 Å². The molecule has 7 heteroatoms. The van der Waals surface area contributed by atoms with Crippen LogP contribution < -0.4 is 10.2 Å². The van der Waals surface area contributed by atoms with Gasteiger partial charge in [0.05, 0.1) is 25.0 Å². The molecule has 0 aliphatic rings. The number of esters is 1. The predicted molar refractivity (Wildman–Crippen MR) is 97.9 cm³/mol. The lowest BCUT2D eigenvalue weighted by Gasteiger charge is -2.21. The standard InChI is InChI=1S/C20H24O7/c1-4-25-18(23)10-15(14-7-5-6-8-17(14)26-12(2)3)20-19(24)16(22)9-13(11-21)27-20/h5-9,12,15,21,24H,4,10-11H2,1-3H3/t15-/m0/s1. The van der Waals surface area contributed by atoms with Gasteiger partial charge in [-0.3, -0.25) is 9.59 Å². The predicted octanol–water partition coefficient (Wildman–Crippen LogP) is 2.71. The van der Waals surface area contributed by atoms with Crippen LogP contribution in [0.15, 0.2) is 39.5 Å². The fraction of sp³-hybridized carbons (Fsp3) is 0.400. The second-order valence-corrected chi connectivity index (χ2v) is 6.21. The molecular formula is C20H24O7. The van der Waals surface area contributed by atoms with Gasteiger partial charge in [0.25, 0.3) is 0 Å². The summed E-state index contributed by atoms with van der Waals surface area (Å²) in [6, 6.07) is 8.01. The molecule has 1 atom stereocenters. The van der Waals surface area contributed by atoms with E-state index in [2.05, 4.69) is 0 Å². The summed E-state index contributed by atoms with van der Waals surface area (Å²) in [5.74, 6) is -1.57. The van der Waals surface area contributed by atoms with Crippen molar-refractivity contribution in [3.63, 3.8) is 0 Å². The van der Waals surface area contributed by atoms with Gasteiger partial charge < -0.3 is 24.1 Å². The molecule has 0 aliphatic heterocycles. The average molecular weight is 376 g/mol. The minimum atomic E-state index is -0.821. The molecule has 1 heterocycles. The summed E-state index contributed by atoms with van der Waals surface area (Å²) in [6.45, 7) is 5.09. The summed E-state index contributed by atoms with van der Waals surface area (Å²) in [4.78, 5) is 24.2. The fourth-order valence-corrected chi connectivity index (χ4v) is 2.73. The van der Waals surface area contributed by atoms with Gasteiger partial charge >= 0.3 is 5.97 Å². The SMILES string of the molecule is CCOC(=O)C[C@@H](c1ccccc1OC(C)C)c1oc(CO)cc(=O)c1O. The zero-order valence-electron chi connectivity index (χ0n) is 15.6. The van der Waals surface area contributed by atoms with E-state index in [9.17, 15) is 19.8 Å². The van der Waals surface area contributed by atoms with E-state index in [4.69, 9.17) is 13.9 Å². The number of carbonyl (C=O) groups excluding carboxylic acids is 1. The van der Waals surface area contributed by atoms with Crippen molar-refractivity contribution in [1.29, 1.82) is 0 Å². The first kappa shape index (κ1) is 20.5. The summed E-state index contributed by atoms with van der Waals surface area (Å²) in [5, 5.41) is 19.6. The summed E-state index contributed by atoms with van der Waals surface area (Å²) >= 11 is 0. The van der Waals surface area contributed by atoms with Gasteiger partial charge in [-0.25, -0.2) is 0 Å². The Bertz CT molecular complexity index is 838. The smallest absolute Gasteiger partial charge is 0.306 e. The van der Waals surface area contributed by atoms with Gasteiger partial charge in [0.15, 0.2) is 5.76 Å². The van der Waals surface area contributed by atoms with Crippen molar-refractivity contribution >= 4 is 5.97 Å². The molecule has 1 aromatic heterocycles. The van der Waals surface area contributed by atoms with Crippen molar-refractivity contribution in [1.82, 2.24) is 0 Å². The van der Waals surface area contributed by atoms with Crippen molar-refractivity contribution in [2.75, 3.05) is 6.61 Å². The summed E-state index contributed by atoms with van der Waals surface area (Å²) < 4.78 is 16.4. The van der Waals surface area contributed by atoms with Gasteiger partial charge in [-0.2, -0.15) is 0 Å². The van der Waals surface area contributed by atoms with Crippen LogP contribution in [0.3, 0.4) is 0 Å². The third kappa shape index (κ3) is 5.10. The van der Waals surface area contributed by atoms with E-state index in [1.807, 2.05) is 13.8 Å². The van der Waals surface area contributed by atoms with Crippen LogP contribution in [0, 0.1) is 0 Å². The molecule has 0 fully saturated rings. The number of aromatic hydroxyl groups is 1. The van der Waals surface area contributed by atoms with Crippen LogP contribution in [-0.2, 0) is 16.1 Å². The molecule has 0 bridgehead atoms. The monoisotopic (exact) mass is 376 g/mol. The van der Waals surface area contributed by atoms with Gasteiger partial charge in [-0.1, -0.05) is 18.2 Å². The Balaban J connectivity index is 2.62. The van der Waals surface area contributed by atoms with Gasteiger partial charge in [0, 0.05) is 11.6 Å². The van der Waals surface area contributed by atoms with Gasteiger partial charge in [0.2, 0.25) is 11.2 Å². The molecule has 2 N–H and O–H groups in total. The molecule has 2 aromatic rings. The molecule has 0 amide bonds. The molecule has 0 saturated heterocycles. The Morgan fingerprint density at radius 2 is 1.96 bits per heavy atom. The molecule has 146 valence electrons. The number of benzene rings is 1. The lowest BCUT2D eigenvalue weighted by molar-refractivity contribution is -0.143. The molecule has 27 heavy (non-hydrogen) atoms. The van der Waals surface area contributed by atoms with Crippen LogP contribution in [0.25, 0.3) is 0 Å². The Morgan fingerprint density at radius 3 is 2.59 bits per heavy atom. The number of aliphatic hydroxyl groups is 1. The normalized spacial score (nSPS) is 12.0. The molecule has 0 radical (unpaired) electrons. The number of hydrogen-bond donors (Lipinski definition) is 2. The van der Waals surface area contributed by atoms with Crippen molar-refractivity contribution in [2.45, 2.75) is 45.8 Å². The van der Waals surface area contributed by atoms with Crippen molar-refractivity contribution in [2.24, 2.45) is 0 Å². The quantitative estimate of drug-likeness (QED) is 0.682. The molecule has 0 spiro atoms. The van der Waals surface area contributed by atoms with Gasteiger partial charge in [-0.15, -0.1) is 0 Å². The number of para-hydroxylation sites is 1. The van der Waals surface area contributed by atoms with Crippen LogP contribution >= 0.6 is 0 Å². The second kappa shape index (κ2) is 9.23. The van der Waals surface area contributed by atoms with Gasteiger partial charge in [0.1, 0.15) is 18.1 Å². The van der Waals surface area contributed by atoms with Crippen LogP contribution in [0.2, 0.25) is 0 Å². The Morgan fingerprint density at radius 1 is 1.26 bits per heavy atom. The average Bonchev–Trinajstić information content (AvgIpc) is 2.62. The third-order valence-corrected chi connectivity index (χ3v) is 3.81. The lowest BCUT2D eigenvalue weighted by atomic mass is 9.91. The van der Waals surface area contributed by atoms with E-state index in [1.165, 1.54) is 0 Å².